The van der Waals surface area contributed by atoms with Gasteiger partial charge in [0.15, 0.2) is 5.78 Å². The molecule has 1 saturated carbocycles. The van der Waals surface area contributed by atoms with Gasteiger partial charge < -0.3 is 9.47 Å². The van der Waals surface area contributed by atoms with Gasteiger partial charge in [0.2, 0.25) is 0 Å². The van der Waals surface area contributed by atoms with E-state index < -0.39 is 5.60 Å². The SMILES string of the molecule is CCOC1(C(=O)C2CCCOC2)CCCC1. The van der Waals surface area contributed by atoms with Gasteiger partial charge in [0, 0.05) is 19.1 Å². The molecule has 0 bridgehead atoms. The van der Waals surface area contributed by atoms with Crippen LogP contribution in [0.1, 0.15) is 45.4 Å². The molecule has 1 heterocycles. The summed E-state index contributed by atoms with van der Waals surface area (Å²) >= 11 is 0. The Labute approximate surface area is 97.5 Å². The normalized spacial score (nSPS) is 29.2. The molecule has 2 aliphatic rings. The Bertz CT molecular complexity index is 238. The molecule has 1 atom stereocenters. The Balaban J connectivity index is 2.04. The maximum Gasteiger partial charge on any atom is 0.169 e. The highest BCUT2D eigenvalue weighted by molar-refractivity contribution is 5.90. The summed E-state index contributed by atoms with van der Waals surface area (Å²) < 4.78 is 11.2. The highest BCUT2D eigenvalue weighted by atomic mass is 16.5. The van der Waals surface area contributed by atoms with Crippen molar-refractivity contribution in [1.82, 2.24) is 0 Å². The Hall–Kier alpha value is -0.410. The van der Waals surface area contributed by atoms with Crippen molar-refractivity contribution in [2.75, 3.05) is 19.8 Å². The Morgan fingerprint density at radius 2 is 2.12 bits per heavy atom. The van der Waals surface area contributed by atoms with Crippen LogP contribution in [0.2, 0.25) is 0 Å². The molecule has 1 aliphatic heterocycles. The van der Waals surface area contributed by atoms with Crippen LogP contribution >= 0.6 is 0 Å². The first-order valence-corrected chi connectivity index (χ1v) is 6.54. The number of hydrogen-bond acceptors (Lipinski definition) is 3. The van der Waals surface area contributed by atoms with Gasteiger partial charge in [0.25, 0.3) is 0 Å². The van der Waals surface area contributed by atoms with E-state index in [1.165, 1.54) is 0 Å². The lowest BCUT2D eigenvalue weighted by molar-refractivity contribution is -0.152. The second-order valence-electron chi connectivity index (χ2n) is 4.91. The molecule has 2 fully saturated rings. The summed E-state index contributed by atoms with van der Waals surface area (Å²) in [5.74, 6) is 0.393. The van der Waals surface area contributed by atoms with E-state index >= 15 is 0 Å². The first kappa shape index (κ1) is 12.1. The van der Waals surface area contributed by atoms with Crippen LogP contribution in [-0.4, -0.2) is 31.2 Å². The number of ether oxygens (including phenoxy) is 2. The van der Waals surface area contributed by atoms with Crippen LogP contribution in [0, 0.1) is 5.92 Å². The molecule has 0 N–H and O–H groups in total. The first-order chi connectivity index (χ1) is 7.78. The summed E-state index contributed by atoms with van der Waals surface area (Å²) in [6, 6.07) is 0. The van der Waals surface area contributed by atoms with Crippen LogP contribution in [0.3, 0.4) is 0 Å². The lowest BCUT2D eigenvalue weighted by atomic mass is 9.84. The fourth-order valence-corrected chi connectivity index (χ4v) is 3.00. The fourth-order valence-electron chi connectivity index (χ4n) is 3.00. The Morgan fingerprint density at radius 1 is 1.38 bits per heavy atom. The number of carbonyl (C=O) groups excluding carboxylic acids is 1. The van der Waals surface area contributed by atoms with Crippen LogP contribution in [0.25, 0.3) is 0 Å². The molecule has 0 aromatic carbocycles. The maximum absolute atomic E-state index is 12.5. The standard InChI is InChI=1S/C13H22O3/c1-2-16-13(7-3-4-8-13)12(14)11-6-5-9-15-10-11/h11H,2-10H2,1H3. The number of Topliss-reactive ketones (excluding diaryl/α,β-unsaturated/α-hetero) is 1. The van der Waals surface area contributed by atoms with E-state index in [-0.39, 0.29) is 5.92 Å². The third-order valence-electron chi connectivity index (χ3n) is 3.81. The van der Waals surface area contributed by atoms with Gasteiger partial charge in [0.05, 0.1) is 6.61 Å². The van der Waals surface area contributed by atoms with Crippen molar-refractivity contribution in [2.24, 2.45) is 5.92 Å². The predicted octanol–water partition coefficient (Wildman–Crippen LogP) is 2.33. The van der Waals surface area contributed by atoms with Crippen LogP contribution in [0.15, 0.2) is 0 Å². The average Bonchev–Trinajstić information content (AvgIpc) is 2.80. The highest BCUT2D eigenvalue weighted by Crippen LogP contribution is 2.37. The van der Waals surface area contributed by atoms with Gasteiger partial charge in [0.1, 0.15) is 5.60 Å². The van der Waals surface area contributed by atoms with Crippen molar-refractivity contribution >= 4 is 5.78 Å². The van der Waals surface area contributed by atoms with Crippen molar-refractivity contribution in [3.05, 3.63) is 0 Å². The van der Waals surface area contributed by atoms with Crippen LogP contribution in [-0.2, 0) is 14.3 Å². The van der Waals surface area contributed by atoms with Crippen molar-refractivity contribution in [1.29, 1.82) is 0 Å². The molecule has 0 radical (unpaired) electrons. The molecule has 2 rings (SSSR count). The maximum atomic E-state index is 12.5. The van der Waals surface area contributed by atoms with Crippen LogP contribution in [0.5, 0.6) is 0 Å². The zero-order valence-corrected chi connectivity index (χ0v) is 10.2. The van der Waals surface area contributed by atoms with Gasteiger partial charge in [-0.2, -0.15) is 0 Å². The number of rotatable bonds is 4. The van der Waals surface area contributed by atoms with E-state index in [1.807, 2.05) is 6.92 Å². The molecular formula is C13H22O3. The number of carbonyl (C=O) groups is 1. The minimum atomic E-state index is -0.458. The number of ketones is 1. The Morgan fingerprint density at radius 3 is 2.69 bits per heavy atom. The molecule has 1 saturated heterocycles. The molecule has 3 heteroatoms. The van der Waals surface area contributed by atoms with Crippen molar-refractivity contribution in [3.8, 4) is 0 Å². The zero-order valence-electron chi connectivity index (χ0n) is 10.2. The Kier molecular flexibility index (Phi) is 3.98. The predicted molar refractivity (Wildman–Crippen MR) is 61.4 cm³/mol. The molecule has 0 aromatic heterocycles. The van der Waals surface area contributed by atoms with E-state index in [4.69, 9.17) is 9.47 Å². The van der Waals surface area contributed by atoms with Gasteiger partial charge in [-0.15, -0.1) is 0 Å². The lowest BCUT2D eigenvalue weighted by Gasteiger charge is -2.32. The van der Waals surface area contributed by atoms with Gasteiger partial charge in [-0.3, -0.25) is 4.79 Å². The molecule has 0 amide bonds. The quantitative estimate of drug-likeness (QED) is 0.738. The van der Waals surface area contributed by atoms with E-state index in [0.29, 0.717) is 19.0 Å². The van der Waals surface area contributed by atoms with Gasteiger partial charge in [-0.1, -0.05) is 0 Å². The van der Waals surface area contributed by atoms with Gasteiger partial charge >= 0.3 is 0 Å². The fraction of sp³-hybridized carbons (Fsp3) is 0.923. The van der Waals surface area contributed by atoms with Crippen molar-refractivity contribution < 1.29 is 14.3 Å². The summed E-state index contributed by atoms with van der Waals surface area (Å²) in [5, 5.41) is 0. The topological polar surface area (TPSA) is 35.5 Å². The second kappa shape index (κ2) is 5.28. The third kappa shape index (κ3) is 2.30. The minimum Gasteiger partial charge on any atom is -0.381 e. The van der Waals surface area contributed by atoms with Crippen molar-refractivity contribution in [3.63, 3.8) is 0 Å². The van der Waals surface area contributed by atoms with E-state index in [9.17, 15) is 4.79 Å². The zero-order chi connectivity index (χ0) is 11.4. The summed E-state index contributed by atoms with van der Waals surface area (Å²) in [4.78, 5) is 12.5. The van der Waals surface area contributed by atoms with E-state index in [1.54, 1.807) is 0 Å². The summed E-state index contributed by atoms with van der Waals surface area (Å²) in [6.45, 7) is 4.03. The first-order valence-electron chi connectivity index (χ1n) is 6.54. The summed E-state index contributed by atoms with van der Waals surface area (Å²) in [5.41, 5.74) is -0.458. The molecular weight excluding hydrogens is 204 g/mol. The van der Waals surface area contributed by atoms with Crippen LogP contribution in [0.4, 0.5) is 0 Å². The molecule has 0 spiro atoms. The molecule has 1 aliphatic carbocycles. The second-order valence-corrected chi connectivity index (χ2v) is 4.91. The molecule has 0 aromatic rings. The summed E-state index contributed by atoms with van der Waals surface area (Å²) in [7, 11) is 0. The molecule has 1 unspecified atom stereocenters. The van der Waals surface area contributed by atoms with E-state index in [0.717, 1.165) is 45.1 Å². The highest BCUT2D eigenvalue weighted by Gasteiger charge is 2.44. The van der Waals surface area contributed by atoms with E-state index in [2.05, 4.69) is 0 Å². The minimum absolute atomic E-state index is 0.0819. The van der Waals surface area contributed by atoms with Crippen LogP contribution < -0.4 is 0 Å². The summed E-state index contributed by atoms with van der Waals surface area (Å²) in [6.07, 6.45) is 6.07. The average molecular weight is 226 g/mol. The van der Waals surface area contributed by atoms with Gasteiger partial charge in [-0.25, -0.2) is 0 Å². The smallest absolute Gasteiger partial charge is 0.169 e. The number of hydrogen-bond donors (Lipinski definition) is 0. The lowest BCUT2D eigenvalue weighted by Crippen LogP contribution is -2.45. The third-order valence-corrected chi connectivity index (χ3v) is 3.81. The molecule has 3 nitrogen and oxygen atoms in total. The van der Waals surface area contributed by atoms with Crippen molar-refractivity contribution in [2.45, 2.75) is 51.0 Å². The molecule has 16 heavy (non-hydrogen) atoms. The largest absolute Gasteiger partial charge is 0.381 e. The molecule has 92 valence electrons. The monoisotopic (exact) mass is 226 g/mol. The van der Waals surface area contributed by atoms with Gasteiger partial charge in [-0.05, 0) is 45.4 Å².